The summed E-state index contributed by atoms with van der Waals surface area (Å²) in [5, 5.41) is 11.4. The average molecular weight is 285 g/mol. The maximum Gasteiger partial charge on any atom is 0.103 e. The molecule has 0 amide bonds. The Bertz CT molecular complexity index is 412. The van der Waals surface area contributed by atoms with E-state index in [1.165, 1.54) is 10.8 Å². The second kappa shape index (κ2) is 5.51. The summed E-state index contributed by atoms with van der Waals surface area (Å²) in [4.78, 5) is 5.85. The van der Waals surface area contributed by atoms with E-state index >= 15 is 0 Å². The number of thioether (sulfide) groups is 1. The zero-order valence-corrected chi connectivity index (χ0v) is 13.3. The Morgan fingerprint density at radius 3 is 2.89 bits per heavy atom. The SMILES string of the molecule is CC(C)CSCc1nc2c(s1)C(O)CC(C)(C)C2. The molecule has 0 radical (unpaired) electrons. The van der Waals surface area contributed by atoms with Gasteiger partial charge in [-0.3, -0.25) is 0 Å². The number of hydrogen-bond acceptors (Lipinski definition) is 4. The van der Waals surface area contributed by atoms with E-state index in [9.17, 15) is 5.11 Å². The van der Waals surface area contributed by atoms with Crippen molar-refractivity contribution in [2.45, 2.75) is 52.4 Å². The maximum absolute atomic E-state index is 10.2. The minimum absolute atomic E-state index is 0.183. The fourth-order valence-electron chi connectivity index (χ4n) is 2.39. The molecule has 0 aromatic carbocycles. The van der Waals surface area contributed by atoms with Gasteiger partial charge in [-0.2, -0.15) is 11.8 Å². The number of nitrogens with zero attached hydrogens (tertiary/aromatic N) is 1. The molecule has 1 N–H and O–H groups in total. The summed E-state index contributed by atoms with van der Waals surface area (Å²) in [6, 6.07) is 0. The van der Waals surface area contributed by atoms with Gasteiger partial charge in [0.25, 0.3) is 0 Å². The number of aliphatic hydroxyl groups excluding tert-OH is 1. The normalized spacial score (nSPS) is 22.2. The largest absolute Gasteiger partial charge is 0.387 e. The molecule has 1 atom stereocenters. The van der Waals surface area contributed by atoms with Gasteiger partial charge in [-0.05, 0) is 29.9 Å². The molecule has 2 nitrogen and oxygen atoms in total. The van der Waals surface area contributed by atoms with Crippen molar-refractivity contribution in [3.63, 3.8) is 0 Å². The van der Waals surface area contributed by atoms with Gasteiger partial charge in [0.2, 0.25) is 0 Å². The van der Waals surface area contributed by atoms with Crippen LogP contribution in [0.3, 0.4) is 0 Å². The third kappa shape index (κ3) is 3.49. The summed E-state index contributed by atoms with van der Waals surface area (Å²) in [6.45, 7) is 8.91. The molecule has 0 bridgehead atoms. The number of thiazole rings is 1. The summed E-state index contributed by atoms with van der Waals surface area (Å²) < 4.78 is 0. The lowest BCUT2D eigenvalue weighted by molar-refractivity contribution is 0.102. The number of rotatable bonds is 4. The lowest BCUT2D eigenvalue weighted by Crippen LogP contribution is -2.24. The third-order valence-corrected chi connectivity index (χ3v) is 5.90. The molecular formula is C14H23NOS2. The molecule has 0 fully saturated rings. The van der Waals surface area contributed by atoms with Crippen molar-refractivity contribution in [3.8, 4) is 0 Å². The van der Waals surface area contributed by atoms with Gasteiger partial charge in [0.15, 0.2) is 0 Å². The van der Waals surface area contributed by atoms with Gasteiger partial charge >= 0.3 is 0 Å². The summed E-state index contributed by atoms with van der Waals surface area (Å²) in [7, 11) is 0. The first-order valence-electron chi connectivity index (χ1n) is 6.62. The standard InChI is InChI=1S/C14H23NOS2/c1-9(2)7-17-8-12-15-10-5-14(3,4)6-11(16)13(10)18-12/h9,11,16H,5-8H2,1-4H3. The minimum atomic E-state index is -0.301. The molecule has 0 saturated carbocycles. The zero-order valence-electron chi connectivity index (χ0n) is 11.7. The van der Waals surface area contributed by atoms with Gasteiger partial charge in [0, 0.05) is 5.75 Å². The number of aliphatic hydroxyl groups is 1. The molecule has 102 valence electrons. The highest BCUT2D eigenvalue weighted by Gasteiger charge is 2.33. The Morgan fingerprint density at radius 1 is 1.50 bits per heavy atom. The van der Waals surface area contributed by atoms with E-state index in [0.29, 0.717) is 0 Å². The molecule has 4 heteroatoms. The fourth-order valence-corrected chi connectivity index (χ4v) is 4.57. The first kappa shape index (κ1) is 14.4. The molecule has 18 heavy (non-hydrogen) atoms. The van der Waals surface area contributed by atoms with Crippen molar-refractivity contribution in [2.75, 3.05) is 5.75 Å². The molecule has 1 heterocycles. The monoisotopic (exact) mass is 285 g/mol. The first-order valence-corrected chi connectivity index (χ1v) is 8.59. The first-order chi connectivity index (χ1) is 8.37. The predicted octanol–water partition coefficient (Wildman–Crippen LogP) is 4.04. The maximum atomic E-state index is 10.2. The van der Waals surface area contributed by atoms with E-state index < -0.39 is 0 Å². The van der Waals surface area contributed by atoms with Gasteiger partial charge in [0.1, 0.15) is 5.01 Å². The quantitative estimate of drug-likeness (QED) is 0.906. The van der Waals surface area contributed by atoms with Crippen molar-refractivity contribution in [1.29, 1.82) is 0 Å². The van der Waals surface area contributed by atoms with Crippen LogP contribution in [0.2, 0.25) is 0 Å². The summed E-state index contributed by atoms with van der Waals surface area (Å²) in [5.41, 5.74) is 1.33. The molecule has 1 aliphatic rings. The molecular weight excluding hydrogens is 262 g/mol. The number of aromatic nitrogens is 1. The highest BCUT2D eigenvalue weighted by molar-refractivity contribution is 7.98. The number of fused-ring (bicyclic) bond motifs is 1. The molecule has 1 aromatic heterocycles. The average Bonchev–Trinajstić information content (AvgIpc) is 2.58. The van der Waals surface area contributed by atoms with E-state index in [2.05, 4.69) is 27.7 Å². The smallest absolute Gasteiger partial charge is 0.103 e. The van der Waals surface area contributed by atoms with Gasteiger partial charge in [-0.25, -0.2) is 4.98 Å². The predicted molar refractivity (Wildman–Crippen MR) is 80.2 cm³/mol. The molecule has 1 unspecified atom stereocenters. The van der Waals surface area contributed by atoms with Crippen molar-refractivity contribution < 1.29 is 5.11 Å². The van der Waals surface area contributed by atoms with Gasteiger partial charge in [-0.1, -0.05) is 27.7 Å². The van der Waals surface area contributed by atoms with Gasteiger partial charge in [-0.15, -0.1) is 11.3 Å². The van der Waals surface area contributed by atoms with Crippen LogP contribution in [0.5, 0.6) is 0 Å². The second-order valence-electron chi connectivity index (χ2n) is 6.39. The lowest BCUT2D eigenvalue weighted by Gasteiger charge is -2.31. The summed E-state index contributed by atoms with van der Waals surface area (Å²) in [5.74, 6) is 2.90. The van der Waals surface area contributed by atoms with Crippen LogP contribution < -0.4 is 0 Å². The van der Waals surface area contributed by atoms with Gasteiger partial charge in [0.05, 0.1) is 16.7 Å². The lowest BCUT2D eigenvalue weighted by atomic mass is 9.77. The zero-order chi connectivity index (χ0) is 13.3. The van der Waals surface area contributed by atoms with Crippen LogP contribution in [0.1, 0.15) is 55.8 Å². The van der Waals surface area contributed by atoms with Crippen LogP contribution in [0, 0.1) is 11.3 Å². The Hall–Kier alpha value is -0.0600. The molecule has 2 rings (SSSR count). The van der Waals surface area contributed by atoms with E-state index in [1.807, 2.05) is 11.8 Å². The van der Waals surface area contributed by atoms with Crippen LogP contribution in [0.25, 0.3) is 0 Å². The van der Waals surface area contributed by atoms with Crippen molar-refractivity contribution >= 4 is 23.1 Å². The van der Waals surface area contributed by atoms with E-state index in [0.717, 1.165) is 35.1 Å². The topological polar surface area (TPSA) is 33.1 Å². The highest BCUT2D eigenvalue weighted by Crippen LogP contribution is 2.43. The van der Waals surface area contributed by atoms with E-state index in [1.54, 1.807) is 11.3 Å². The molecule has 0 aliphatic heterocycles. The molecule has 0 saturated heterocycles. The Kier molecular flexibility index (Phi) is 4.40. The highest BCUT2D eigenvalue weighted by atomic mass is 32.2. The van der Waals surface area contributed by atoms with Crippen LogP contribution in [-0.2, 0) is 12.2 Å². The van der Waals surface area contributed by atoms with Crippen LogP contribution in [-0.4, -0.2) is 15.8 Å². The molecule has 1 aliphatic carbocycles. The van der Waals surface area contributed by atoms with E-state index in [4.69, 9.17) is 4.98 Å². The van der Waals surface area contributed by atoms with Gasteiger partial charge < -0.3 is 5.11 Å². The Morgan fingerprint density at radius 2 is 2.22 bits per heavy atom. The van der Waals surface area contributed by atoms with Crippen LogP contribution in [0.4, 0.5) is 0 Å². The van der Waals surface area contributed by atoms with Crippen LogP contribution in [0.15, 0.2) is 0 Å². The summed E-state index contributed by atoms with van der Waals surface area (Å²) in [6.07, 6.45) is 1.57. The minimum Gasteiger partial charge on any atom is -0.387 e. The summed E-state index contributed by atoms with van der Waals surface area (Å²) >= 11 is 3.66. The Labute approximate surface area is 118 Å². The molecule has 1 aromatic rings. The molecule has 0 spiro atoms. The van der Waals surface area contributed by atoms with Crippen LogP contribution >= 0.6 is 23.1 Å². The fraction of sp³-hybridized carbons (Fsp3) is 0.786. The third-order valence-electron chi connectivity index (χ3n) is 3.14. The van der Waals surface area contributed by atoms with Crippen molar-refractivity contribution in [2.24, 2.45) is 11.3 Å². The van der Waals surface area contributed by atoms with Crippen molar-refractivity contribution in [3.05, 3.63) is 15.6 Å². The Balaban J connectivity index is 2.04. The second-order valence-corrected chi connectivity index (χ2v) is 8.53. The number of hydrogen-bond donors (Lipinski definition) is 1. The van der Waals surface area contributed by atoms with Crippen molar-refractivity contribution in [1.82, 2.24) is 4.98 Å². The van der Waals surface area contributed by atoms with E-state index in [-0.39, 0.29) is 11.5 Å².